The van der Waals surface area contributed by atoms with Crippen LogP contribution in [0.15, 0.2) is 6.07 Å². The summed E-state index contributed by atoms with van der Waals surface area (Å²) in [5.41, 5.74) is 4.08. The number of hydrogen-bond acceptors (Lipinski definition) is 6. The van der Waals surface area contributed by atoms with Crippen LogP contribution < -0.4 is 15.5 Å². The van der Waals surface area contributed by atoms with Crippen molar-refractivity contribution in [2.24, 2.45) is 7.05 Å². The SMILES string of the molecule is CNC(=O)c1nc(C)c(C)c(N2CC[C@@H](NC(C)c3cc(C)nn3C)C2)n1. The van der Waals surface area contributed by atoms with Crippen LogP contribution in [0.5, 0.6) is 0 Å². The zero-order chi connectivity index (χ0) is 19.7. The van der Waals surface area contributed by atoms with E-state index in [9.17, 15) is 4.79 Å². The summed E-state index contributed by atoms with van der Waals surface area (Å²) < 4.78 is 1.94. The highest BCUT2D eigenvalue weighted by atomic mass is 16.2. The monoisotopic (exact) mass is 371 g/mol. The summed E-state index contributed by atoms with van der Waals surface area (Å²) >= 11 is 0. The number of hydrogen-bond donors (Lipinski definition) is 2. The molecule has 0 radical (unpaired) electrons. The van der Waals surface area contributed by atoms with E-state index in [4.69, 9.17) is 0 Å². The van der Waals surface area contributed by atoms with Gasteiger partial charge in [-0.05, 0) is 40.2 Å². The predicted octanol–water partition coefficient (Wildman–Crippen LogP) is 1.42. The minimum absolute atomic E-state index is 0.218. The average molecular weight is 371 g/mol. The second-order valence-corrected chi connectivity index (χ2v) is 7.31. The van der Waals surface area contributed by atoms with Crippen molar-refractivity contribution in [3.05, 3.63) is 34.5 Å². The summed E-state index contributed by atoms with van der Waals surface area (Å²) in [4.78, 5) is 23.1. The fraction of sp³-hybridized carbons (Fsp3) is 0.579. The van der Waals surface area contributed by atoms with Crippen molar-refractivity contribution in [1.29, 1.82) is 0 Å². The summed E-state index contributed by atoms with van der Waals surface area (Å²) in [6.45, 7) is 9.87. The van der Waals surface area contributed by atoms with Crippen LogP contribution >= 0.6 is 0 Å². The Morgan fingerprint density at radius 2 is 2.04 bits per heavy atom. The molecule has 0 saturated carbocycles. The number of nitrogens with zero attached hydrogens (tertiary/aromatic N) is 5. The van der Waals surface area contributed by atoms with Gasteiger partial charge in [-0.2, -0.15) is 5.10 Å². The second-order valence-electron chi connectivity index (χ2n) is 7.31. The molecule has 1 fully saturated rings. The van der Waals surface area contributed by atoms with Crippen LogP contribution in [0.25, 0.3) is 0 Å². The van der Waals surface area contributed by atoms with E-state index in [1.54, 1.807) is 7.05 Å². The maximum absolute atomic E-state index is 12.0. The fourth-order valence-corrected chi connectivity index (χ4v) is 3.70. The van der Waals surface area contributed by atoms with Gasteiger partial charge in [-0.25, -0.2) is 9.97 Å². The molecule has 2 atom stereocenters. The minimum Gasteiger partial charge on any atom is -0.355 e. The van der Waals surface area contributed by atoms with Gasteiger partial charge in [0, 0.05) is 50.5 Å². The first-order valence-corrected chi connectivity index (χ1v) is 9.39. The van der Waals surface area contributed by atoms with Crippen LogP contribution in [0.3, 0.4) is 0 Å². The van der Waals surface area contributed by atoms with Crippen LogP contribution in [0.2, 0.25) is 0 Å². The quantitative estimate of drug-likeness (QED) is 0.827. The molecule has 1 aliphatic heterocycles. The average Bonchev–Trinajstić information content (AvgIpc) is 3.22. The number of carbonyl (C=O) groups excluding carboxylic acids is 1. The molecule has 3 heterocycles. The zero-order valence-electron chi connectivity index (χ0n) is 17.0. The smallest absolute Gasteiger partial charge is 0.288 e. The van der Waals surface area contributed by atoms with Gasteiger partial charge in [-0.1, -0.05) is 0 Å². The van der Waals surface area contributed by atoms with Crippen molar-refractivity contribution < 1.29 is 4.79 Å². The van der Waals surface area contributed by atoms with Gasteiger partial charge in [0.2, 0.25) is 5.82 Å². The van der Waals surface area contributed by atoms with Crippen molar-refractivity contribution in [1.82, 2.24) is 30.4 Å². The molecule has 1 aliphatic rings. The standard InChI is InChI=1S/C19H29N7O/c1-11-9-16(25(6)24-11)14(4)21-15-7-8-26(10-15)18-12(2)13(3)22-17(23-18)19(27)20-5/h9,14-15,21H,7-8,10H2,1-6H3,(H,20,27)/t14?,15-/m1/s1. The van der Waals surface area contributed by atoms with Crippen molar-refractivity contribution in [3.8, 4) is 0 Å². The molecule has 0 aromatic carbocycles. The number of rotatable bonds is 5. The van der Waals surface area contributed by atoms with Gasteiger partial charge in [0.1, 0.15) is 5.82 Å². The van der Waals surface area contributed by atoms with Crippen molar-refractivity contribution in [3.63, 3.8) is 0 Å². The fourth-order valence-electron chi connectivity index (χ4n) is 3.70. The number of carbonyl (C=O) groups is 1. The summed E-state index contributed by atoms with van der Waals surface area (Å²) in [6, 6.07) is 2.70. The summed E-state index contributed by atoms with van der Waals surface area (Å²) in [5.74, 6) is 0.827. The third-order valence-corrected chi connectivity index (χ3v) is 5.25. The molecule has 1 amide bonds. The van der Waals surface area contributed by atoms with Gasteiger partial charge in [-0.15, -0.1) is 0 Å². The Hall–Kier alpha value is -2.48. The van der Waals surface area contributed by atoms with Crippen LogP contribution in [0, 0.1) is 20.8 Å². The highest BCUT2D eigenvalue weighted by Crippen LogP contribution is 2.25. The lowest BCUT2D eigenvalue weighted by Gasteiger charge is -2.23. The molecule has 0 aliphatic carbocycles. The van der Waals surface area contributed by atoms with E-state index in [1.165, 1.54) is 5.69 Å². The topological polar surface area (TPSA) is 88.0 Å². The van der Waals surface area contributed by atoms with Crippen LogP contribution in [0.4, 0.5) is 5.82 Å². The van der Waals surface area contributed by atoms with Crippen LogP contribution in [-0.2, 0) is 7.05 Å². The Morgan fingerprint density at radius 1 is 1.30 bits per heavy atom. The van der Waals surface area contributed by atoms with Crippen LogP contribution in [-0.4, -0.2) is 51.8 Å². The van der Waals surface area contributed by atoms with Gasteiger partial charge in [-0.3, -0.25) is 9.48 Å². The summed E-state index contributed by atoms with van der Waals surface area (Å²) in [5, 5.41) is 10.7. The summed E-state index contributed by atoms with van der Waals surface area (Å²) in [6.07, 6.45) is 1.03. The number of nitrogens with one attached hydrogen (secondary N) is 2. The van der Waals surface area contributed by atoms with Gasteiger partial charge >= 0.3 is 0 Å². The molecule has 8 nitrogen and oxygen atoms in total. The lowest BCUT2D eigenvalue weighted by atomic mass is 10.1. The van der Waals surface area contributed by atoms with E-state index in [2.05, 4.69) is 43.6 Å². The molecule has 3 rings (SSSR count). The van der Waals surface area contributed by atoms with Gasteiger partial charge < -0.3 is 15.5 Å². The van der Waals surface area contributed by atoms with E-state index in [-0.39, 0.29) is 17.8 Å². The molecule has 8 heteroatoms. The zero-order valence-corrected chi connectivity index (χ0v) is 17.0. The number of aromatic nitrogens is 4. The van der Waals surface area contributed by atoms with Gasteiger partial charge in [0.05, 0.1) is 11.4 Å². The Balaban J connectivity index is 1.73. The Bertz CT molecular complexity index is 845. The lowest BCUT2D eigenvalue weighted by Crippen LogP contribution is -2.35. The van der Waals surface area contributed by atoms with Crippen molar-refractivity contribution >= 4 is 11.7 Å². The molecule has 27 heavy (non-hydrogen) atoms. The van der Waals surface area contributed by atoms with Crippen molar-refractivity contribution in [2.45, 2.75) is 46.2 Å². The highest BCUT2D eigenvalue weighted by Gasteiger charge is 2.28. The molecule has 2 N–H and O–H groups in total. The first-order chi connectivity index (χ1) is 12.8. The largest absolute Gasteiger partial charge is 0.355 e. The molecule has 1 unspecified atom stereocenters. The first-order valence-electron chi connectivity index (χ1n) is 9.39. The normalized spacial score (nSPS) is 18.0. The number of amides is 1. The molecule has 146 valence electrons. The van der Waals surface area contributed by atoms with Gasteiger partial charge in [0.25, 0.3) is 5.91 Å². The molecular weight excluding hydrogens is 342 g/mol. The minimum atomic E-state index is -0.256. The Morgan fingerprint density at radius 3 is 2.67 bits per heavy atom. The molecule has 2 aromatic heterocycles. The third kappa shape index (κ3) is 3.95. The number of aryl methyl sites for hydroxylation is 3. The Kier molecular flexibility index (Phi) is 5.46. The lowest BCUT2D eigenvalue weighted by molar-refractivity contribution is 0.0952. The molecule has 0 bridgehead atoms. The molecule has 2 aromatic rings. The molecule has 1 saturated heterocycles. The van der Waals surface area contributed by atoms with E-state index >= 15 is 0 Å². The first kappa shape index (κ1) is 19.3. The van der Waals surface area contributed by atoms with Gasteiger partial charge in [0.15, 0.2) is 0 Å². The van der Waals surface area contributed by atoms with E-state index < -0.39 is 0 Å². The maximum Gasteiger partial charge on any atom is 0.288 e. The molecule has 0 spiro atoms. The maximum atomic E-state index is 12.0. The van der Waals surface area contributed by atoms with Crippen molar-refractivity contribution in [2.75, 3.05) is 25.0 Å². The Labute approximate surface area is 160 Å². The van der Waals surface area contributed by atoms with E-state index in [1.807, 2.05) is 32.5 Å². The highest BCUT2D eigenvalue weighted by molar-refractivity contribution is 5.90. The van der Waals surface area contributed by atoms with E-state index in [0.717, 1.165) is 42.3 Å². The number of anilines is 1. The molecular formula is C19H29N7O. The third-order valence-electron chi connectivity index (χ3n) is 5.25. The van der Waals surface area contributed by atoms with Crippen LogP contribution in [0.1, 0.15) is 52.7 Å². The van der Waals surface area contributed by atoms with E-state index in [0.29, 0.717) is 6.04 Å². The second kappa shape index (κ2) is 7.64. The predicted molar refractivity (Wildman–Crippen MR) is 105 cm³/mol. The summed E-state index contributed by atoms with van der Waals surface area (Å²) in [7, 11) is 3.58.